The lowest BCUT2D eigenvalue weighted by molar-refractivity contribution is -0.0229. The molecule has 1 aromatic carbocycles. The maximum Gasteiger partial charge on any atom is 0.170 e. The first-order valence-electron chi connectivity index (χ1n) is 7.41. The van der Waals surface area contributed by atoms with Crippen LogP contribution in [0.25, 0.3) is 0 Å². The first-order chi connectivity index (χ1) is 9.65. The van der Waals surface area contributed by atoms with Crippen molar-refractivity contribution in [3.63, 3.8) is 0 Å². The van der Waals surface area contributed by atoms with E-state index in [9.17, 15) is 9.18 Å². The standard InChI is InChI=1S/C16H18FNO2/c17-11-3-4-15-13(8-11)14(19)10-16(20-15)5-7-18-6-1-2-12(18)9-16/h3-4,8,12H,1-2,5-7,9-10H2. The van der Waals surface area contributed by atoms with Crippen LogP contribution in [0, 0.1) is 5.82 Å². The zero-order chi connectivity index (χ0) is 13.7. The number of carbonyl (C=O) groups excluding carboxylic acids is 1. The van der Waals surface area contributed by atoms with E-state index >= 15 is 0 Å². The number of carbonyl (C=O) groups is 1. The Morgan fingerprint density at radius 1 is 1.35 bits per heavy atom. The van der Waals surface area contributed by atoms with Gasteiger partial charge in [-0.3, -0.25) is 4.79 Å². The third-order valence-electron chi connectivity index (χ3n) is 5.01. The Morgan fingerprint density at radius 2 is 2.25 bits per heavy atom. The molecule has 4 rings (SSSR count). The Labute approximate surface area is 117 Å². The number of nitrogens with zero attached hydrogens (tertiary/aromatic N) is 1. The number of ketones is 1. The minimum atomic E-state index is -0.373. The van der Waals surface area contributed by atoms with Crippen molar-refractivity contribution in [2.24, 2.45) is 0 Å². The van der Waals surface area contributed by atoms with Gasteiger partial charge in [-0.2, -0.15) is 0 Å². The summed E-state index contributed by atoms with van der Waals surface area (Å²) < 4.78 is 19.4. The van der Waals surface area contributed by atoms with Crippen molar-refractivity contribution >= 4 is 5.78 Å². The summed E-state index contributed by atoms with van der Waals surface area (Å²) in [6.07, 6.45) is 4.67. The summed E-state index contributed by atoms with van der Waals surface area (Å²) in [5.41, 5.74) is 0.0532. The predicted molar refractivity (Wildman–Crippen MR) is 72.5 cm³/mol. The van der Waals surface area contributed by atoms with Crippen LogP contribution in [0.3, 0.4) is 0 Å². The number of hydrogen-bond acceptors (Lipinski definition) is 3. The molecule has 20 heavy (non-hydrogen) atoms. The number of benzene rings is 1. The molecule has 0 aromatic heterocycles. The molecule has 0 N–H and O–H groups in total. The lowest BCUT2D eigenvalue weighted by atomic mass is 9.79. The van der Waals surface area contributed by atoms with Crippen molar-refractivity contribution in [3.05, 3.63) is 29.6 Å². The molecule has 3 aliphatic heterocycles. The van der Waals surface area contributed by atoms with Gasteiger partial charge in [0.05, 0.1) is 12.0 Å². The van der Waals surface area contributed by atoms with Gasteiger partial charge in [-0.1, -0.05) is 0 Å². The smallest absolute Gasteiger partial charge is 0.170 e. The molecule has 3 nitrogen and oxygen atoms in total. The highest BCUT2D eigenvalue weighted by atomic mass is 19.1. The fraction of sp³-hybridized carbons (Fsp3) is 0.562. The Hall–Kier alpha value is -1.42. The molecule has 4 heteroatoms. The molecular formula is C16H18FNO2. The summed E-state index contributed by atoms with van der Waals surface area (Å²) in [6.45, 7) is 2.19. The van der Waals surface area contributed by atoms with E-state index in [0.29, 0.717) is 23.8 Å². The third kappa shape index (κ3) is 1.85. The molecular weight excluding hydrogens is 257 g/mol. The summed E-state index contributed by atoms with van der Waals surface area (Å²) in [4.78, 5) is 14.9. The Bertz CT molecular complexity index is 574. The van der Waals surface area contributed by atoms with Crippen LogP contribution >= 0.6 is 0 Å². The maximum atomic E-state index is 13.3. The fourth-order valence-electron chi connectivity index (χ4n) is 4.02. The summed E-state index contributed by atoms with van der Waals surface area (Å²) in [5.74, 6) is 0.216. The highest BCUT2D eigenvalue weighted by Crippen LogP contribution is 2.43. The molecule has 2 fully saturated rings. The van der Waals surface area contributed by atoms with Crippen LogP contribution in [-0.2, 0) is 0 Å². The van der Waals surface area contributed by atoms with E-state index in [1.807, 2.05) is 0 Å². The number of piperidine rings is 1. The minimum absolute atomic E-state index is 0.0252. The van der Waals surface area contributed by atoms with Gasteiger partial charge in [0.2, 0.25) is 0 Å². The first kappa shape index (κ1) is 12.3. The van der Waals surface area contributed by atoms with Crippen molar-refractivity contribution in [3.8, 4) is 5.75 Å². The molecule has 0 saturated carbocycles. The SMILES string of the molecule is O=C1CC2(CCN3CCCC3C2)Oc2ccc(F)cc21. The summed E-state index contributed by atoms with van der Waals surface area (Å²) in [5, 5.41) is 0. The van der Waals surface area contributed by atoms with E-state index in [1.54, 1.807) is 6.07 Å². The van der Waals surface area contributed by atoms with Crippen LogP contribution in [0.5, 0.6) is 5.75 Å². The lowest BCUT2D eigenvalue weighted by Gasteiger charge is -2.46. The summed E-state index contributed by atoms with van der Waals surface area (Å²) >= 11 is 0. The van der Waals surface area contributed by atoms with Gasteiger partial charge in [0.15, 0.2) is 5.78 Å². The van der Waals surface area contributed by atoms with Gasteiger partial charge in [0, 0.05) is 25.4 Å². The molecule has 3 aliphatic rings. The minimum Gasteiger partial charge on any atom is -0.486 e. The molecule has 0 amide bonds. The highest BCUT2D eigenvalue weighted by molar-refractivity contribution is 6.00. The first-order valence-corrected chi connectivity index (χ1v) is 7.41. The molecule has 3 heterocycles. The van der Waals surface area contributed by atoms with Crippen molar-refractivity contribution in [2.45, 2.75) is 43.7 Å². The van der Waals surface area contributed by atoms with Crippen LogP contribution in [-0.4, -0.2) is 35.4 Å². The van der Waals surface area contributed by atoms with E-state index in [1.165, 1.54) is 31.5 Å². The van der Waals surface area contributed by atoms with Gasteiger partial charge in [-0.25, -0.2) is 4.39 Å². The second-order valence-corrected chi connectivity index (χ2v) is 6.31. The van der Waals surface area contributed by atoms with Gasteiger partial charge in [-0.05, 0) is 37.6 Å². The second kappa shape index (κ2) is 4.29. The molecule has 0 radical (unpaired) electrons. The summed E-state index contributed by atoms with van der Waals surface area (Å²) in [7, 11) is 0. The average molecular weight is 275 g/mol. The number of rotatable bonds is 0. The van der Waals surface area contributed by atoms with E-state index in [-0.39, 0.29) is 17.2 Å². The lowest BCUT2D eigenvalue weighted by Crippen LogP contribution is -2.53. The second-order valence-electron chi connectivity index (χ2n) is 6.31. The molecule has 106 valence electrons. The van der Waals surface area contributed by atoms with Crippen LogP contribution in [0.2, 0.25) is 0 Å². The van der Waals surface area contributed by atoms with Crippen molar-refractivity contribution in [1.82, 2.24) is 4.90 Å². The van der Waals surface area contributed by atoms with Gasteiger partial charge in [0.25, 0.3) is 0 Å². The van der Waals surface area contributed by atoms with Gasteiger partial charge < -0.3 is 9.64 Å². The number of fused-ring (bicyclic) bond motifs is 2. The van der Waals surface area contributed by atoms with E-state index in [2.05, 4.69) is 4.90 Å². The quantitative estimate of drug-likeness (QED) is 0.729. The number of hydrogen-bond donors (Lipinski definition) is 0. The molecule has 0 bridgehead atoms. The third-order valence-corrected chi connectivity index (χ3v) is 5.01. The fourth-order valence-corrected chi connectivity index (χ4v) is 4.02. The molecule has 1 aromatic rings. The van der Waals surface area contributed by atoms with Crippen LogP contribution < -0.4 is 4.74 Å². The molecule has 2 atom stereocenters. The zero-order valence-electron chi connectivity index (χ0n) is 11.4. The average Bonchev–Trinajstić information content (AvgIpc) is 2.87. The number of halogens is 1. The molecule has 0 aliphatic carbocycles. The van der Waals surface area contributed by atoms with Crippen molar-refractivity contribution < 1.29 is 13.9 Å². The van der Waals surface area contributed by atoms with E-state index in [4.69, 9.17) is 4.74 Å². The van der Waals surface area contributed by atoms with Crippen LogP contribution in [0.15, 0.2) is 18.2 Å². The van der Waals surface area contributed by atoms with Gasteiger partial charge in [0.1, 0.15) is 17.2 Å². The Balaban J connectivity index is 1.65. The number of ether oxygens (including phenoxy) is 1. The molecule has 2 unspecified atom stereocenters. The normalized spacial score (nSPS) is 32.9. The molecule has 2 saturated heterocycles. The van der Waals surface area contributed by atoms with E-state index < -0.39 is 0 Å². The van der Waals surface area contributed by atoms with Gasteiger partial charge >= 0.3 is 0 Å². The monoisotopic (exact) mass is 275 g/mol. The van der Waals surface area contributed by atoms with Crippen molar-refractivity contribution in [1.29, 1.82) is 0 Å². The van der Waals surface area contributed by atoms with Crippen molar-refractivity contribution in [2.75, 3.05) is 13.1 Å². The maximum absolute atomic E-state index is 13.3. The van der Waals surface area contributed by atoms with Crippen LogP contribution in [0.1, 0.15) is 42.5 Å². The zero-order valence-corrected chi connectivity index (χ0v) is 11.4. The predicted octanol–water partition coefficient (Wildman–Crippen LogP) is 2.79. The van der Waals surface area contributed by atoms with E-state index in [0.717, 1.165) is 19.4 Å². The highest BCUT2D eigenvalue weighted by Gasteiger charge is 2.47. The topological polar surface area (TPSA) is 29.5 Å². The Morgan fingerprint density at radius 3 is 3.15 bits per heavy atom. The van der Waals surface area contributed by atoms with Gasteiger partial charge in [-0.15, -0.1) is 0 Å². The number of Topliss-reactive ketones (excluding diaryl/α,β-unsaturated/α-hetero) is 1. The summed E-state index contributed by atoms with van der Waals surface area (Å²) in [6, 6.07) is 4.83. The molecule has 1 spiro atoms. The van der Waals surface area contributed by atoms with Crippen LogP contribution in [0.4, 0.5) is 4.39 Å². The largest absolute Gasteiger partial charge is 0.486 e. The Kier molecular flexibility index (Phi) is 2.64.